The predicted molar refractivity (Wildman–Crippen MR) is 46.2 cm³/mol. The highest BCUT2D eigenvalue weighted by Gasteiger charge is 2.33. The highest BCUT2D eigenvalue weighted by molar-refractivity contribution is 6.65. The van der Waals surface area contributed by atoms with E-state index in [4.69, 9.17) is 5.73 Å². The van der Waals surface area contributed by atoms with E-state index in [1.54, 1.807) is 6.55 Å². The second kappa shape index (κ2) is 3.06. The maximum Gasteiger partial charge on any atom is 0.336 e. The van der Waals surface area contributed by atoms with E-state index < -0.39 is 8.56 Å². The summed E-state index contributed by atoms with van der Waals surface area (Å²) in [7, 11) is -2.93. The summed E-state index contributed by atoms with van der Waals surface area (Å²) in [4.78, 5) is 18.7. The smallest absolute Gasteiger partial charge is 0.336 e. The van der Waals surface area contributed by atoms with Crippen LogP contribution in [0.15, 0.2) is 12.2 Å². The van der Waals surface area contributed by atoms with Gasteiger partial charge >= 0.3 is 8.56 Å². The van der Waals surface area contributed by atoms with Gasteiger partial charge in [0.15, 0.2) is 0 Å². The van der Waals surface area contributed by atoms with Gasteiger partial charge in [-0.05, 0) is 19.4 Å². The Labute approximate surface area is 67.8 Å². The highest BCUT2D eigenvalue weighted by Crippen LogP contribution is 2.28. The standard InChI is InChI=1S/C7H15NO2Si/c1-11(9,10)7-4-2-6(8)3-5-7/h2,4,6-7,9-10H,3,5,8H2,1H3. The molecule has 0 spiro atoms. The summed E-state index contributed by atoms with van der Waals surface area (Å²) in [6, 6.07) is 0.114. The minimum absolute atomic E-state index is 0.0256. The Morgan fingerprint density at radius 2 is 2.00 bits per heavy atom. The van der Waals surface area contributed by atoms with Crippen LogP contribution in [0.1, 0.15) is 12.8 Å². The minimum atomic E-state index is -2.93. The highest BCUT2D eigenvalue weighted by atomic mass is 28.4. The molecule has 0 saturated heterocycles. The molecule has 0 heterocycles. The van der Waals surface area contributed by atoms with Crippen molar-refractivity contribution in [2.24, 2.45) is 5.73 Å². The van der Waals surface area contributed by atoms with E-state index in [1.807, 2.05) is 12.2 Å². The first-order valence-electron chi connectivity index (χ1n) is 3.89. The SMILES string of the molecule is C[Si](O)(O)C1C=CC(N)CC1. The van der Waals surface area contributed by atoms with Crippen molar-refractivity contribution in [3.05, 3.63) is 12.2 Å². The van der Waals surface area contributed by atoms with Gasteiger partial charge in [0, 0.05) is 11.6 Å². The summed E-state index contributed by atoms with van der Waals surface area (Å²) in [5.74, 6) is 0. The molecule has 0 aromatic heterocycles. The lowest BCUT2D eigenvalue weighted by molar-refractivity contribution is 0.350. The lowest BCUT2D eigenvalue weighted by atomic mass is 10.0. The molecule has 0 amide bonds. The Bertz CT molecular complexity index is 164. The monoisotopic (exact) mass is 173 g/mol. The van der Waals surface area contributed by atoms with E-state index in [-0.39, 0.29) is 11.6 Å². The third-order valence-electron chi connectivity index (χ3n) is 2.10. The number of hydrogen-bond acceptors (Lipinski definition) is 3. The van der Waals surface area contributed by atoms with Crippen molar-refractivity contribution in [3.63, 3.8) is 0 Å². The van der Waals surface area contributed by atoms with Crippen molar-refractivity contribution in [1.82, 2.24) is 0 Å². The summed E-state index contributed by atoms with van der Waals surface area (Å²) >= 11 is 0. The van der Waals surface area contributed by atoms with Crippen LogP contribution in [0, 0.1) is 0 Å². The zero-order valence-electron chi connectivity index (χ0n) is 6.70. The molecule has 0 aromatic carbocycles. The first-order valence-corrected chi connectivity index (χ1v) is 6.36. The topological polar surface area (TPSA) is 66.5 Å². The molecule has 64 valence electrons. The van der Waals surface area contributed by atoms with Gasteiger partial charge in [-0.15, -0.1) is 0 Å². The Morgan fingerprint density at radius 1 is 1.36 bits per heavy atom. The Kier molecular flexibility index (Phi) is 2.49. The Balaban J connectivity index is 2.57. The fourth-order valence-electron chi connectivity index (χ4n) is 1.30. The fraction of sp³-hybridized carbons (Fsp3) is 0.714. The Morgan fingerprint density at radius 3 is 2.36 bits per heavy atom. The fourth-order valence-corrected chi connectivity index (χ4v) is 2.49. The van der Waals surface area contributed by atoms with Crippen molar-refractivity contribution >= 4 is 8.56 Å². The predicted octanol–water partition coefficient (Wildman–Crippen LogP) is 0.0905. The average Bonchev–Trinajstić information content (AvgIpc) is 1.86. The van der Waals surface area contributed by atoms with Crippen LogP contribution in [0.5, 0.6) is 0 Å². The zero-order valence-corrected chi connectivity index (χ0v) is 7.70. The van der Waals surface area contributed by atoms with Gasteiger partial charge < -0.3 is 15.3 Å². The van der Waals surface area contributed by atoms with Gasteiger partial charge in [0.1, 0.15) is 0 Å². The maximum absolute atomic E-state index is 9.33. The molecule has 0 saturated carbocycles. The molecule has 2 unspecified atom stereocenters. The van der Waals surface area contributed by atoms with E-state index >= 15 is 0 Å². The molecule has 1 aliphatic carbocycles. The van der Waals surface area contributed by atoms with Crippen molar-refractivity contribution in [2.75, 3.05) is 0 Å². The van der Waals surface area contributed by atoms with Gasteiger partial charge in [0.25, 0.3) is 0 Å². The van der Waals surface area contributed by atoms with Gasteiger partial charge in [-0.25, -0.2) is 0 Å². The lowest BCUT2D eigenvalue weighted by Crippen LogP contribution is -2.38. The first kappa shape index (κ1) is 8.93. The number of hydrogen-bond donors (Lipinski definition) is 3. The van der Waals surface area contributed by atoms with Crippen LogP contribution >= 0.6 is 0 Å². The molecule has 0 fully saturated rings. The minimum Gasteiger partial charge on any atom is -0.410 e. The summed E-state index contributed by atoms with van der Waals surface area (Å²) in [5.41, 5.74) is 5.58. The van der Waals surface area contributed by atoms with Crippen LogP contribution in [-0.4, -0.2) is 24.2 Å². The van der Waals surface area contributed by atoms with Crippen molar-refractivity contribution in [1.29, 1.82) is 0 Å². The zero-order chi connectivity index (χ0) is 8.48. The molecular weight excluding hydrogens is 158 g/mol. The van der Waals surface area contributed by atoms with Crippen LogP contribution in [0.4, 0.5) is 0 Å². The van der Waals surface area contributed by atoms with Crippen LogP contribution in [0.3, 0.4) is 0 Å². The molecule has 0 aliphatic heterocycles. The van der Waals surface area contributed by atoms with Crippen molar-refractivity contribution in [2.45, 2.75) is 31.0 Å². The third-order valence-corrected chi connectivity index (χ3v) is 3.99. The average molecular weight is 173 g/mol. The molecule has 2 atom stereocenters. The molecular formula is C7H15NO2Si. The van der Waals surface area contributed by atoms with Gasteiger partial charge in [-0.2, -0.15) is 0 Å². The normalized spacial score (nSPS) is 32.4. The second-order valence-electron chi connectivity index (χ2n) is 3.33. The molecule has 0 radical (unpaired) electrons. The number of allylic oxidation sites excluding steroid dienone is 1. The van der Waals surface area contributed by atoms with Gasteiger partial charge in [0.2, 0.25) is 0 Å². The van der Waals surface area contributed by atoms with E-state index in [0.717, 1.165) is 12.8 Å². The van der Waals surface area contributed by atoms with Crippen LogP contribution in [-0.2, 0) is 0 Å². The molecule has 4 heteroatoms. The summed E-state index contributed by atoms with van der Waals surface area (Å²) in [5, 5.41) is 0. The van der Waals surface area contributed by atoms with Crippen molar-refractivity contribution in [3.8, 4) is 0 Å². The van der Waals surface area contributed by atoms with Crippen LogP contribution in [0.2, 0.25) is 12.1 Å². The van der Waals surface area contributed by atoms with E-state index in [2.05, 4.69) is 0 Å². The molecule has 0 bridgehead atoms. The molecule has 1 rings (SSSR count). The Hall–Kier alpha value is -0.163. The largest absolute Gasteiger partial charge is 0.410 e. The van der Waals surface area contributed by atoms with Gasteiger partial charge in [-0.3, -0.25) is 0 Å². The van der Waals surface area contributed by atoms with E-state index in [9.17, 15) is 9.59 Å². The quantitative estimate of drug-likeness (QED) is 0.389. The number of rotatable bonds is 1. The maximum atomic E-state index is 9.33. The molecule has 4 N–H and O–H groups in total. The molecule has 11 heavy (non-hydrogen) atoms. The van der Waals surface area contributed by atoms with Crippen molar-refractivity contribution < 1.29 is 9.59 Å². The summed E-state index contributed by atoms with van der Waals surface area (Å²) < 4.78 is 0. The summed E-state index contributed by atoms with van der Waals surface area (Å²) in [6.07, 6.45) is 5.39. The van der Waals surface area contributed by atoms with E-state index in [0.29, 0.717) is 0 Å². The molecule has 0 aromatic rings. The molecule has 3 nitrogen and oxygen atoms in total. The number of nitrogens with two attached hydrogens (primary N) is 1. The van der Waals surface area contributed by atoms with Crippen LogP contribution in [0.25, 0.3) is 0 Å². The van der Waals surface area contributed by atoms with Gasteiger partial charge in [0.05, 0.1) is 0 Å². The van der Waals surface area contributed by atoms with E-state index in [1.165, 1.54) is 0 Å². The summed E-state index contributed by atoms with van der Waals surface area (Å²) in [6.45, 7) is 1.54. The molecule has 1 aliphatic rings. The second-order valence-corrected chi connectivity index (χ2v) is 6.26. The first-order chi connectivity index (χ1) is 5.00. The van der Waals surface area contributed by atoms with Gasteiger partial charge in [-0.1, -0.05) is 12.2 Å². The van der Waals surface area contributed by atoms with Crippen LogP contribution < -0.4 is 5.73 Å². The lowest BCUT2D eigenvalue weighted by Gasteiger charge is -2.26. The third kappa shape index (κ3) is 2.41.